The maximum atomic E-state index is 10.9. The maximum Gasteiger partial charge on any atom is 0.222 e. The Labute approximate surface area is 65.9 Å². The molecule has 2 unspecified atom stereocenters. The molecule has 0 saturated carbocycles. The number of hydrogen-bond acceptors (Lipinski definition) is 3. The maximum absolute atomic E-state index is 10.9. The lowest BCUT2D eigenvalue weighted by atomic mass is 10.2. The van der Waals surface area contributed by atoms with Gasteiger partial charge in [0.05, 0.1) is 6.17 Å². The molecular formula is C7H13N3O. The van der Waals surface area contributed by atoms with Crippen molar-refractivity contribution in [3.8, 4) is 0 Å². The van der Waals surface area contributed by atoms with Crippen molar-refractivity contribution in [2.24, 2.45) is 0 Å². The zero-order chi connectivity index (χ0) is 7.84. The second-order valence-corrected chi connectivity index (χ2v) is 3.29. The highest BCUT2D eigenvalue weighted by Gasteiger charge is 2.33. The van der Waals surface area contributed by atoms with E-state index >= 15 is 0 Å². The largest absolute Gasteiger partial charge is 0.339 e. The molecule has 0 aromatic rings. The van der Waals surface area contributed by atoms with Gasteiger partial charge in [-0.15, -0.1) is 0 Å². The average molecular weight is 155 g/mol. The Morgan fingerprint density at radius 1 is 1.64 bits per heavy atom. The molecule has 2 heterocycles. The van der Waals surface area contributed by atoms with Gasteiger partial charge in [0.1, 0.15) is 0 Å². The number of hydrogen-bond donors (Lipinski definition) is 2. The normalized spacial score (nSPS) is 38.5. The zero-order valence-corrected chi connectivity index (χ0v) is 6.63. The molecule has 2 saturated heterocycles. The minimum absolute atomic E-state index is 0.183. The summed E-state index contributed by atoms with van der Waals surface area (Å²) in [5.41, 5.74) is 3.29. The first-order chi connectivity index (χ1) is 5.25. The number of fused-ring (bicyclic) bond motifs is 1. The molecule has 4 nitrogen and oxygen atoms in total. The Morgan fingerprint density at radius 3 is 3.27 bits per heavy atom. The standard InChI is InChI=1S/C7H13N3O/c1-5-4-6-8-7(11)2-3-10(6)9-5/h5-6,9H,2-4H2,1H3,(H,8,11). The highest BCUT2D eigenvalue weighted by atomic mass is 16.2. The quantitative estimate of drug-likeness (QED) is 0.492. The van der Waals surface area contributed by atoms with Crippen LogP contribution in [0.4, 0.5) is 0 Å². The fourth-order valence-corrected chi connectivity index (χ4v) is 1.73. The molecule has 0 radical (unpaired) electrons. The minimum Gasteiger partial charge on any atom is -0.339 e. The molecule has 4 heteroatoms. The zero-order valence-electron chi connectivity index (χ0n) is 6.63. The third kappa shape index (κ3) is 1.23. The van der Waals surface area contributed by atoms with E-state index in [1.807, 2.05) is 0 Å². The first kappa shape index (κ1) is 7.06. The Kier molecular flexibility index (Phi) is 1.58. The topological polar surface area (TPSA) is 44.4 Å². The Bertz CT molecular complexity index is 183. The molecule has 0 aromatic heterocycles. The van der Waals surface area contributed by atoms with Crippen LogP contribution < -0.4 is 10.7 Å². The third-order valence-corrected chi connectivity index (χ3v) is 2.25. The van der Waals surface area contributed by atoms with Gasteiger partial charge in [-0.3, -0.25) is 10.2 Å². The molecule has 11 heavy (non-hydrogen) atoms. The van der Waals surface area contributed by atoms with E-state index in [0.717, 1.165) is 13.0 Å². The first-order valence-electron chi connectivity index (χ1n) is 4.08. The third-order valence-electron chi connectivity index (χ3n) is 2.25. The van der Waals surface area contributed by atoms with Crippen LogP contribution in [0.2, 0.25) is 0 Å². The van der Waals surface area contributed by atoms with Crippen molar-refractivity contribution in [2.45, 2.75) is 32.0 Å². The Hall–Kier alpha value is -0.610. The van der Waals surface area contributed by atoms with Gasteiger partial charge in [0, 0.05) is 19.0 Å². The summed E-state index contributed by atoms with van der Waals surface area (Å²) in [5.74, 6) is 0.183. The predicted molar refractivity (Wildman–Crippen MR) is 40.5 cm³/mol. The molecule has 0 aromatic carbocycles. The van der Waals surface area contributed by atoms with E-state index in [1.165, 1.54) is 0 Å². The molecule has 0 bridgehead atoms. The fourth-order valence-electron chi connectivity index (χ4n) is 1.73. The van der Waals surface area contributed by atoms with Crippen molar-refractivity contribution in [2.75, 3.05) is 6.54 Å². The van der Waals surface area contributed by atoms with Crippen LogP contribution in [0.5, 0.6) is 0 Å². The van der Waals surface area contributed by atoms with Crippen LogP contribution in [-0.2, 0) is 4.79 Å². The molecule has 0 aliphatic carbocycles. The lowest BCUT2D eigenvalue weighted by Gasteiger charge is -2.29. The smallest absolute Gasteiger partial charge is 0.222 e. The van der Waals surface area contributed by atoms with Crippen LogP contribution in [0.25, 0.3) is 0 Å². The van der Waals surface area contributed by atoms with Crippen LogP contribution in [0.3, 0.4) is 0 Å². The lowest BCUT2D eigenvalue weighted by Crippen LogP contribution is -2.53. The van der Waals surface area contributed by atoms with Gasteiger partial charge in [-0.05, 0) is 13.3 Å². The highest BCUT2D eigenvalue weighted by molar-refractivity contribution is 5.77. The first-order valence-corrected chi connectivity index (χ1v) is 4.08. The number of nitrogens with one attached hydrogen (secondary N) is 2. The second kappa shape index (κ2) is 2.46. The van der Waals surface area contributed by atoms with E-state index in [0.29, 0.717) is 12.5 Å². The van der Waals surface area contributed by atoms with Crippen molar-refractivity contribution in [1.29, 1.82) is 0 Å². The molecule has 2 N–H and O–H groups in total. The summed E-state index contributed by atoms with van der Waals surface area (Å²) in [4.78, 5) is 10.9. The van der Waals surface area contributed by atoms with E-state index in [-0.39, 0.29) is 12.1 Å². The average Bonchev–Trinajstić information content (AvgIpc) is 2.27. The summed E-state index contributed by atoms with van der Waals surface area (Å²) >= 11 is 0. The van der Waals surface area contributed by atoms with Crippen LogP contribution >= 0.6 is 0 Å². The summed E-state index contributed by atoms with van der Waals surface area (Å²) in [7, 11) is 0. The van der Waals surface area contributed by atoms with Gasteiger partial charge in [-0.25, -0.2) is 5.01 Å². The summed E-state index contributed by atoms with van der Waals surface area (Å²) < 4.78 is 0. The van der Waals surface area contributed by atoms with Crippen LogP contribution in [0.15, 0.2) is 0 Å². The molecule has 2 rings (SSSR count). The van der Waals surface area contributed by atoms with Gasteiger partial charge in [-0.2, -0.15) is 0 Å². The van der Waals surface area contributed by atoms with Crippen molar-refractivity contribution in [3.63, 3.8) is 0 Å². The van der Waals surface area contributed by atoms with E-state index in [1.54, 1.807) is 0 Å². The van der Waals surface area contributed by atoms with Gasteiger partial charge in [0.25, 0.3) is 0 Å². The summed E-state index contributed by atoms with van der Waals surface area (Å²) in [6.45, 7) is 2.98. The number of amides is 1. The van der Waals surface area contributed by atoms with E-state index in [9.17, 15) is 4.79 Å². The van der Waals surface area contributed by atoms with Gasteiger partial charge in [0.2, 0.25) is 5.91 Å². The van der Waals surface area contributed by atoms with E-state index in [2.05, 4.69) is 22.7 Å². The summed E-state index contributed by atoms with van der Waals surface area (Å²) in [5, 5.41) is 5.05. The molecule has 0 spiro atoms. The molecule has 62 valence electrons. The monoisotopic (exact) mass is 155 g/mol. The summed E-state index contributed by atoms with van der Waals surface area (Å²) in [6, 6.07) is 0.499. The van der Waals surface area contributed by atoms with Crippen LogP contribution in [-0.4, -0.2) is 29.7 Å². The molecule has 2 aliphatic heterocycles. The predicted octanol–water partition coefficient (Wildman–Crippen LogP) is -0.569. The fraction of sp³-hybridized carbons (Fsp3) is 0.857. The molecule has 2 aliphatic rings. The van der Waals surface area contributed by atoms with Crippen molar-refractivity contribution in [1.82, 2.24) is 15.8 Å². The number of nitrogens with zero attached hydrogens (tertiary/aromatic N) is 1. The Morgan fingerprint density at radius 2 is 2.45 bits per heavy atom. The molecule has 1 amide bonds. The van der Waals surface area contributed by atoms with Crippen molar-refractivity contribution in [3.05, 3.63) is 0 Å². The van der Waals surface area contributed by atoms with Gasteiger partial charge >= 0.3 is 0 Å². The van der Waals surface area contributed by atoms with Gasteiger partial charge in [0.15, 0.2) is 0 Å². The number of rotatable bonds is 0. The SMILES string of the molecule is CC1CC2NC(=O)CCN2N1. The molecule has 2 fully saturated rings. The second-order valence-electron chi connectivity index (χ2n) is 3.29. The number of carbonyl (C=O) groups is 1. The summed E-state index contributed by atoms with van der Waals surface area (Å²) in [6.07, 6.45) is 1.88. The molecule has 2 atom stereocenters. The van der Waals surface area contributed by atoms with E-state index in [4.69, 9.17) is 0 Å². The number of hydrazine groups is 1. The lowest BCUT2D eigenvalue weighted by molar-refractivity contribution is -0.126. The highest BCUT2D eigenvalue weighted by Crippen LogP contribution is 2.15. The van der Waals surface area contributed by atoms with Crippen molar-refractivity contribution >= 4 is 5.91 Å². The van der Waals surface area contributed by atoms with Crippen LogP contribution in [0.1, 0.15) is 19.8 Å². The van der Waals surface area contributed by atoms with Gasteiger partial charge < -0.3 is 5.32 Å². The van der Waals surface area contributed by atoms with Crippen LogP contribution in [0, 0.1) is 0 Å². The minimum atomic E-state index is 0.183. The van der Waals surface area contributed by atoms with Gasteiger partial charge in [-0.1, -0.05) is 0 Å². The Balaban J connectivity index is 2.02. The molecular weight excluding hydrogens is 142 g/mol. The van der Waals surface area contributed by atoms with Crippen molar-refractivity contribution < 1.29 is 4.79 Å². The van der Waals surface area contributed by atoms with E-state index < -0.39 is 0 Å². The number of carbonyl (C=O) groups excluding carboxylic acids is 1.